The molecule has 1 aromatic heterocycles. The van der Waals surface area contributed by atoms with E-state index in [1.54, 1.807) is 17.5 Å². The Kier molecular flexibility index (Phi) is 3.82. The molecule has 1 fully saturated rings. The molecule has 0 aliphatic carbocycles. The lowest BCUT2D eigenvalue weighted by molar-refractivity contribution is 0.0257. The van der Waals surface area contributed by atoms with Crippen molar-refractivity contribution in [2.45, 2.75) is 10.2 Å². The van der Waals surface area contributed by atoms with Gasteiger partial charge in [-0.3, -0.25) is 3.97 Å². The number of benzene rings is 1. The molecule has 0 bridgehead atoms. The largest absolute Gasteiger partial charge is 0.492 e. The van der Waals surface area contributed by atoms with Crippen molar-refractivity contribution in [1.29, 1.82) is 0 Å². The van der Waals surface area contributed by atoms with Crippen LogP contribution < -0.4 is 4.74 Å². The molecule has 2 atom stereocenters. The van der Waals surface area contributed by atoms with Gasteiger partial charge < -0.3 is 14.2 Å². The fourth-order valence-electron chi connectivity index (χ4n) is 2.79. The van der Waals surface area contributed by atoms with E-state index in [9.17, 15) is 8.42 Å². The number of aromatic nitrogens is 1. The van der Waals surface area contributed by atoms with E-state index in [0.717, 1.165) is 3.97 Å². The van der Waals surface area contributed by atoms with Gasteiger partial charge in [0.05, 0.1) is 5.25 Å². The minimum absolute atomic E-state index is 0.0886. The van der Waals surface area contributed by atoms with Crippen molar-refractivity contribution in [3.05, 3.63) is 66.0 Å². The zero-order valence-corrected chi connectivity index (χ0v) is 14.2. The molecular formula is C16H15NO5S2. The Hall–Kier alpha value is -1.90. The number of thioether (sulfide) groups is 1. The maximum absolute atomic E-state index is 13.2. The zero-order valence-electron chi connectivity index (χ0n) is 12.6. The third-order valence-electron chi connectivity index (χ3n) is 3.98. The van der Waals surface area contributed by atoms with Crippen LogP contribution in [0.2, 0.25) is 0 Å². The number of rotatable bonds is 5. The van der Waals surface area contributed by atoms with E-state index in [-0.39, 0.29) is 13.4 Å². The lowest BCUT2D eigenvalue weighted by atomic mass is 10.2. The summed E-state index contributed by atoms with van der Waals surface area (Å²) < 4.78 is 44.3. The fraction of sp³-hybridized carbons (Fsp3) is 0.250. The van der Waals surface area contributed by atoms with E-state index in [1.165, 1.54) is 24.2 Å². The van der Waals surface area contributed by atoms with Crippen LogP contribution in [-0.2, 0) is 19.5 Å². The number of ether oxygens (including phenoxy) is 3. The Morgan fingerprint density at radius 3 is 2.71 bits per heavy atom. The molecule has 126 valence electrons. The van der Waals surface area contributed by atoms with Gasteiger partial charge >= 0.3 is 0 Å². The highest BCUT2D eigenvalue weighted by Gasteiger charge is 2.63. The van der Waals surface area contributed by atoms with Crippen LogP contribution >= 0.6 is 11.8 Å². The fourth-order valence-corrected chi connectivity index (χ4v) is 6.18. The minimum atomic E-state index is -3.85. The van der Waals surface area contributed by atoms with Crippen molar-refractivity contribution in [2.24, 2.45) is 0 Å². The summed E-state index contributed by atoms with van der Waals surface area (Å²) in [6, 6.07) is 12.6. The first-order valence-corrected chi connectivity index (χ1v) is 9.72. The van der Waals surface area contributed by atoms with Crippen LogP contribution in [-0.4, -0.2) is 36.0 Å². The number of fused-ring (bicyclic) bond motifs is 1. The first-order chi connectivity index (χ1) is 11.6. The molecule has 3 heterocycles. The van der Waals surface area contributed by atoms with Gasteiger partial charge in [0.15, 0.2) is 12.6 Å². The SMILES string of the molecule is O=S(=O)(n1cccc1)C12OCOC1=CSC2COc1ccccc1. The summed E-state index contributed by atoms with van der Waals surface area (Å²) in [5.41, 5.74) is 0. The predicted octanol–water partition coefficient (Wildman–Crippen LogP) is 2.40. The third-order valence-corrected chi connectivity index (χ3v) is 7.44. The Morgan fingerprint density at radius 2 is 1.96 bits per heavy atom. The van der Waals surface area contributed by atoms with E-state index >= 15 is 0 Å². The Morgan fingerprint density at radius 1 is 1.21 bits per heavy atom. The molecule has 2 aliphatic rings. The smallest absolute Gasteiger partial charge is 0.277 e. The molecule has 0 amide bonds. The number of nitrogens with zero attached hydrogens (tertiary/aromatic N) is 1. The molecule has 2 aromatic rings. The van der Waals surface area contributed by atoms with Gasteiger partial charge in [0, 0.05) is 17.8 Å². The number of hydrogen-bond donors (Lipinski definition) is 0. The maximum atomic E-state index is 13.2. The molecule has 1 aromatic carbocycles. The van der Waals surface area contributed by atoms with Gasteiger partial charge in [-0.1, -0.05) is 18.2 Å². The number of hydrogen-bond acceptors (Lipinski definition) is 6. The minimum Gasteiger partial charge on any atom is -0.492 e. The van der Waals surface area contributed by atoms with Gasteiger partial charge in [0.2, 0.25) is 0 Å². The Balaban J connectivity index is 1.66. The van der Waals surface area contributed by atoms with Crippen LogP contribution in [0.1, 0.15) is 0 Å². The first kappa shape index (κ1) is 15.6. The van der Waals surface area contributed by atoms with Crippen LogP contribution in [0.15, 0.2) is 66.0 Å². The van der Waals surface area contributed by atoms with Crippen molar-refractivity contribution in [1.82, 2.24) is 3.97 Å². The average Bonchev–Trinajstić information content (AvgIpc) is 3.31. The summed E-state index contributed by atoms with van der Waals surface area (Å²) in [7, 11) is -3.85. The first-order valence-electron chi connectivity index (χ1n) is 7.33. The molecular weight excluding hydrogens is 350 g/mol. The summed E-state index contributed by atoms with van der Waals surface area (Å²) in [6.07, 6.45) is 2.98. The lowest BCUT2D eigenvalue weighted by Crippen LogP contribution is -2.51. The maximum Gasteiger partial charge on any atom is 0.277 e. The van der Waals surface area contributed by atoms with Crippen LogP contribution in [0.25, 0.3) is 0 Å². The number of para-hydroxylation sites is 1. The van der Waals surface area contributed by atoms with Crippen molar-refractivity contribution in [3.8, 4) is 5.75 Å². The van der Waals surface area contributed by atoms with Gasteiger partial charge in [-0.15, -0.1) is 11.8 Å². The lowest BCUT2D eigenvalue weighted by Gasteiger charge is -2.29. The molecule has 24 heavy (non-hydrogen) atoms. The van der Waals surface area contributed by atoms with Gasteiger partial charge in [0.25, 0.3) is 15.0 Å². The zero-order chi connectivity index (χ0) is 16.6. The van der Waals surface area contributed by atoms with E-state index < -0.39 is 20.2 Å². The van der Waals surface area contributed by atoms with E-state index in [0.29, 0.717) is 11.5 Å². The van der Waals surface area contributed by atoms with Crippen molar-refractivity contribution in [3.63, 3.8) is 0 Å². The second-order valence-corrected chi connectivity index (χ2v) is 8.38. The third kappa shape index (κ3) is 2.25. The summed E-state index contributed by atoms with van der Waals surface area (Å²) in [5, 5.41) is 1.23. The average molecular weight is 365 g/mol. The summed E-state index contributed by atoms with van der Waals surface area (Å²) in [6.45, 7) is 0.0905. The highest BCUT2D eigenvalue weighted by molar-refractivity contribution is 8.04. The molecule has 0 N–H and O–H groups in total. The van der Waals surface area contributed by atoms with Crippen LogP contribution in [0.4, 0.5) is 0 Å². The van der Waals surface area contributed by atoms with Gasteiger partial charge in [-0.05, 0) is 24.3 Å². The highest BCUT2D eigenvalue weighted by Crippen LogP contribution is 2.50. The van der Waals surface area contributed by atoms with Crippen molar-refractivity contribution < 1.29 is 22.6 Å². The van der Waals surface area contributed by atoms with Crippen LogP contribution in [0, 0.1) is 0 Å². The Labute approximate surface area is 144 Å². The molecule has 8 heteroatoms. The van der Waals surface area contributed by atoms with Gasteiger partial charge in [-0.25, -0.2) is 8.42 Å². The highest BCUT2D eigenvalue weighted by atomic mass is 32.2. The summed E-state index contributed by atoms with van der Waals surface area (Å²) in [4.78, 5) is -1.56. The molecule has 0 saturated carbocycles. The van der Waals surface area contributed by atoms with Crippen molar-refractivity contribution in [2.75, 3.05) is 13.4 Å². The molecule has 2 unspecified atom stereocenters. The van der Waals surface area contributed by atoms with Crippen LogP contribution in [0.5, 0.6) is 5.75 Å². The second kappa shape index (κ2) is 5.87. The second-order valence-electron chi connectivity index (χ2n) is 5.32. The summed E-state index contributed by atoms with van der Waals surface area (Å²) >= 11 is 1.35. The van der Waals surface area contributed by atoms with Gasteiger partial charge in [-0.2, -0.15) is 0 Å². The summed E-state index contributed by atoms with van der Waals surface area (Å²) in [5.74, 6) is 1.00. The predicted molar refractivity (Wildman–Crippen MR) is 89.9 cm³/mol. The van der Waals surface area contributed by atoms with E-state index in [4.69, 9.17) is 14.2 Å². The molecule has 6 nitrogen and oxygen atoms in total. The van der Waals surface area contributed by atoms with E-state index in [1.807, 2.05) is 30.3 Å². The standard InChI is InChI=1S/C16H15NO5S2/c18-24(19,17-8-4-5-9-17)16-14(21-12-22-16)11-23-15(16)10-20-13-6-2-1-3-7-13/h1-9,11,15H,10,12H2. The quantitative estimate of drug-likeness (QED) is 0.811. The molecule has 4 rings (SSSR count). The van der Waals surface area contributed by atoms with Crippen LogP contribution in [0.3, 0.4) is 0 Å². The molecule has 2 aliphatic heterocycles. The molecule has 0 radical (unpaired) electrons. The Bertz CT molecular complexity index is 848. The monoisotopic (exact) mass is 365 g/mol. The molecule has 1 saturated heterocycles. The van der Waals surface area contributed by atoms with Gasteiger partial charge in [0.1, 0.15) is 12.4 Å². The topological polar surface area (TPSA) is 66.8 Å². The van der Waals surface area contributed by atoms with Crippen molar-refractivity contribution >= 4 is 21.8 Å². The normalized spacial score (nSPS) is 25.8. The molecule has 0 spiro atoms. The van der Waals surface area contributed by atoms with E-state index in [2.05, 4.69) is 0 Å².